The summed E-state index contributed by atoms with van der Waals surface area (Å²) in [6, 6.07) is 28.2. The van der Waals surface area contributed by atoms with E-state index in [1.165, 1.54) is 57.8 Å². The van der Waals surface area contributed by atoms with Gasteiger partial charge in [0.1, 0.15) is 23.0 Å². The van der Waals surface area contributed by atoms with Crippen LogP contribution in [-0.4, -0.2) is 72.7 Å². The van der Waals surface area contributed by atoms with Crippen LogP contribution in [0.1, 0.15) is 137 Å². The van der Waals surface area contributed by atoms with Gasteiger partial charge in [-0.25, -0.2) is 0 Å². The van der Waals surface area contributed by atoms with E-state index in [1.54, 1.807) is 28.1 Å². The van der Waals surface area contributed by atoms with Crippen LogP contribution < -0.4 is 33.6 Å². The lowest BCUT2D eigenvalue weighted by atomic mass is 9.68. The topological polar surface area (TPSA) is 72.9 Å². The molecule has 2 saturated carbocycles. The van der Waals surface area contributed by atoms with Gasteiger partial charge in [-0.2, -0.15) is 26.3 Å². The van der Waals surface area contributed by atoms with Gasteiger partial charge in [0.05, 0.1) is 50.2 Å². The molecule has 12 rings (SSSR count). The highest BCUT2D eigenvalue weighted by Crippen LogP contribution is 2.62. The predicted octanol–water partition coefficient (Wildman–Crippen LogP) is 16.8. The Morgan fingerprint density at radius 2 is 1.29 bits per heavy atom. The zero-order valence-electron chi connectivity index (χ0n) is 49.4. The number of nitrogens with zero attached hydrogens (tertiary/aromatic N) is 3. The molecule has 0 spiro atoms. The van der Waals surface area contributed by atoms with Gasteiger partial charge in [0.25, 0.3) is 0 Å². The third kappa shape index (κ3) is 11.2. The zero-order chi connectivity index (χ0) is 59.4. The molecule has 0 aromatic heterocycles. The normalized spacial score (nSPS) is 23.0. The molecule has 4 fully saturated rings. The van der Waals surface area contributed by atoms with Crippen molar-refractivity contribution in [3.05, 3.63) is 142 Å². The van der Waals surface area contributed by atoms with Crippen LogP contribution in [0, 0.1) is 23.7 Å². The highest BCUT2D eigenvalue weighted by molar-refractivity contribution is 6.10. The van der Waals surface area contributed by atoms with Gasteiger partial charge in [-0.1, -0.05) is 102 Å². The molecule has 15 heteroatoms. The SMILES string of the molecule is CCCCCC1CCC(C2CCCC(C(=O)Oc3ccc(N4CCN(c5cc6c7c(c8c(c6cc5OC)OC(c5ccc(OC)cc5)(c5ccc(N6CCOCC6)cc5)C=C8)C(C)(C)c5c-7cc(C(F)(F)F)cc5C(F)(F)F)CC4)cc3)C2)CC1. The fraction of sp³-hybridized carbons (Fsp3) is 0.471. The van der Waals surface area contributed by atoms with E-state index in [2.05, 4.69) is 21.6 Å². The first-order valence-electron chi connectivity index (χ1n) is 30.7. The Bertz CT molecular complexity index is 3430. The summed E-state index contributed by atoms with van der Waals surface area (Å²) in [5, 5.41) is 0.899. The molecule has 6 aromatic rings. The molecule has 0 amide bonds. The largest absolute Gasteiger partial charge is 0.497 e. The highest BCUT2D eigenvalue weighted by Gasteiger charge is 2.51. The lowest BCUT2D eigenvalue weighted by Gasteiger charge is -2.40. The average molecular weight is 1170 g/mol. The number of methoxy groups -OCH3 is 2. The maximum atomic E-state index is 15.4. The van der Waals surface area contributed by atoms with Crippen LogP contribution in [0.2, 0.25) is 0 Å². The molecule has 6 aromatic carbocycles. The number of unbranched alkanes of at least 4 members (excludes halogenated alkanes) is 2. The summed E-state index contributed by atoms with van der Waals surface area (Å²) >= 11 is 0. The molecule has 6 aliphatic rings. The van der Waals surface area contributed by atoms with Crippen LogP contribution in [0.5, 0.6) is 23.0 Å². The summed E-state index contributed by atoms with van der Waals surface area (Å²) in [4.78, 5) is 20.3. The predicted molar refractivity (Wildman–Crippen MR) is 323 cm³/mol. The summed E-state index contributed by atoms with van der Waals surface area (Å²) in [7, 11) is 3.15. The number of halogens is 6. The Morgan fingerprint density at radius 3 is 1.93 bits per heavy atom. The second kappa shape index (κ2) is 23.4. The van der Waals surface area contributed by atoms with E-state index in [0.29, 0.717) is 102 Å². The standard InChI is InChI=1S/C70H77F6N3O6/c1-6-7-8-10-44-13-15-45(16-14-44)46-11-9-12-47(39-46)66(80)84-54-27-23-52(24-28-54)77-31-33-79(34-32-77)60-42-56-57(43-61(60)82-5)65-55(64-62(56)58-40-50(69(71,72)73)41-59(70(74,75)76)63(58)67(64,2)3)29-30-68(85-65,49-19-25-53(81-4)26-20-49)48-17-21-51(22-18-48)78-35-37-83-38-36-78/h17-30,40-47H,6-16,31-39H2,1-5H3. The molecule has 0 bridgehead atoms. The minimum Gasteiger partial charge on any atom is -0.497 e. The van der Waals surface area contributed by atoms with Gasteiger partial charge in [0.15, 0.2) is 5.60 Å². The molecule has 9 nitrogen and oxygen atoms in total. The van der Waals surface area contributed by atoms with Crippen molar-refractivity contribution in [1.82, 2.24) is 0 Å². The Kier molecular flexibility index (Phi) is 16.1. The van der Waals surface area contributed by atoms with E-state index in [1.807, 2.05) is 97.1 Å². The summed E-state index contributed by atoms with van der Waals surface area (Å²) in [6.45, 7) is 10.4. The van der Waals surface area contributed by atoms with Gasteiger partial charge in [-0.15, -0.1) is 0 Å². The molecule has 450 valence electrons. The van der Waals surface area contributed by atoms with E-state index < -0.39 is 34.5 Å². The van der Waals surface area contributed by atoms with Gasteiger partial charge < -0.3 is 38.4 Å². The lowest BCUT2D eigenvalue weighted by Crippen LogP contribution is -2.46. The van der Waals surface area contributed by atoms with E-state index in [0.717, 1.165) is 66.8 Å². The molecule has 3 heterocycles. The van der Waals surface area contributed by atoms with Crippen molar-refractivity contribution in [1.29, 1.82) is 0 Å². The molecule has 3 aliphatic carbocycles. The molecule has 3 atom stereocenters. The minimum atomic E-state index is -5.12. The number of benzene rings is 6. The molecular weight excluding hydrogens is 1090 g/mol. The summed E-state index contributed by atoms with van der Waals surface area (Å²) in [5.74, 6) is 3.88. The fourth-order valence-electron chi connectivity index (χ4n) is 15.2. The number of rotatable bonds is 14. The van der Waals surface area contributed by atoms with Crippen molar-refractivity contribution in [2.24, 2.45) is 23.7 Å². The zero-order valence-corrected chi connectivity index (χ0v) is 49.4. The van der Waals surface area contributed by atoms with Crippen molar-refractivity contribution in [2.75, 3.05) is 81.4 Å². The van der Waals surface area contributed by atoms with Gasteiger partial charge >= 0.3 is 18.3 Å². The van der Waals surface area contributed by atoms with Crippen LogP contribution in [0.3, 0.4) is 0 Å². The van der Waals surface area contributed by atoms with Crippen LogP contribution >= 0.6 is 0 Å². The Labute approximate surface area is 495 Å². The number of esters is 1. The number of piperazine rings is 1. The number of morpholine rings is 1. The van der Waals surface area contributed by atoms with Crippen molar-refractivity contribution in [2.45, 2.75) is 121 Å². The first-order valence-corrected chi connectivity index (χ1v) is 30.7. The third-order valence-electron chi connectivity index (χ3n) is 19.7. The maximum absolute atomic E-state index is 15.4. The molecule has 0 N–H and O–H groups in total. The Hall–Kier alpha value is -6.87. The van der Waals surface area contributed by atoms with Crippen molar-refractivity contribution in [3.63, 3.8) is 0 Å². The van der Waals surface area contributed by atoms with Crippen molar-refractivity contribution in [3.8, 4) is 34.1 Å². The molecule has 3 aliphatic heterocycles. The molecule has 85 heavy (non-hydrogen) atoms. The maximum Gasteiger partial charge on any atom is 0.416 e. The van der Waals surface area contributed by atoms with Gasteiger partial charge in [0.2, 0.25) is 0 Å². The summed E-state index contributed by atoms with van der Waals surface area (Å²) in [5.41, 5.74) is -0.533. The second-order valence-corrected chi connectivity index (χ2v) is 25.0. The Morgan fingerprint density at radius 1 is 0.659 bits per heavy atom. The van der Waals surface area contributed by atoms with E-state index in [4.69, 9.17) is 23.7 Å². The van der Waals surface area contributed by atoms with Crippen LogP contribution in [0.15, 0.2) is 103 Å². The quantitative estimate of drug-likeness (QED) is 0.0459. The second-order valence-electron chi connectivity index (χ2n) is 25.0. The summed E-state index contributed by atoms with van der Waals surface area (Å²) < 4.78 is 122. The van der Waals surface area contributed by atoms with Crippen LogP contribution in [0.4, 0.5) is 43.4 Å². The molecule has 0 radical (unpaired) electrons. The first kappa shape index (κ1) is 58.5. The number of carbonyl (C=O) groups is 1. The molecule has 3 unspecified atom stereocenters. The Balaban J connectivity index is 0.864. The molecular formula is C70H77F6N3O6. The number of hydrogen-bond donors (Lipinski definition) is 0. The highest BCUT2D eigenvalue weighted by atomic mass is 19.4. The fourth-order valence-corrected chi connectivity index (χ4v) is 15.2. The minimum absolute atomic E-state index is 0.0930. The van der Waals surface area contributed by atoms with Crippen molar-refractivity contribution >= 4 is 39.9 Å². The van der Waals surface area contributed by atoms with Crippen LogP contribution in [0.25, 0.3) is 28.0 Å². The third-order valence-corrected chi connectivity index (χ3v) is 19.7. The molecule has 2 saturated heterocycles. The summed E-state index contributed by atoms with van der Waals surface area (Å²) in [6.07, 6.45) is 8.08. The van der Waals surface area contributed by atoms with Gasteiger partial charge in [-0.3, -0.25) is 4.79 Å². The van der Waals surface area contributed by atoms with Gasteiger partial charge in [0, 0.05) is 78.1 Å². The number of fused-ring (bicyclic) bond motifs is 8. The average Bonchev–Trinajstić information content (AvgIpc) is 1.60. The monoisotopic (exact) mass is 1170 g/mol. The van der Waals surface area contributed by atoms with Crippen molar-refractivity contribution < 1.29 is 54.8 Å². The van der Waals surface area contributed by atoms with E-state index >= 15 is 13.2 Å². The smallest absolute Gasteiger partial charge is 0.416 e. The van der Waals surface area contributed by atoms with Crippen LogP contribution in [-0.2, 0) is 32.9 Å². The number of anilines is 3. The van der Waals surface area contributed by atoms with E-state index in [9.17, 15) is 18.0 Å². The first-order chi connectivity index (χ1) is 40.9. The van der Waals surface area contributed by atoms with Gasteiger partial charge in [-0.05, 0) is 150 Å². The number of carbonyl (C=O) groups excluding carboxylic acids is 1. The number of alkyl halides is 6. The number of ether oxygens (including phenoxy) is 5. The van der Waals surface area contributed by atoms with E-state index in [-0.39, 0.29) is 34.6 Å². The lowest BCUT2D eigenvalue weighted by molar-refractivity contribution is -0.144. The number of hydrogen-bond acceptors (Lipinski definition) is 9.